The maximum Gasteiger partial charge on any atom is 0.219 e. The zero-order chi connectivity index (χ0) is 11.1. The van der Waals surface area contributed by atoms with Gasteiger partial charge in [0.15, 0.2) is 0 Å². The van der Waals surface area contributed by atoms with Crippen molar-refractivity contribution < 1.29 is 4.79 Å². The van der Waals surface area contributed by atoms with E-state index in [1.807, 2.05) is 6.92 Å². The third-order valence-corrected chi connectivity index (χ3v) is 3.41. The van der Waals surface area contributed by atoms with Crippen LogP contribution in [0.5, 0.6) is 0 Å². The number of rotatable bonds is 5. The summed E-state index contributed by atoms with van der Waals surface area (Å²) in [5.41, 5.74) is 5.75. The molecule has 0 spiro atoms. The Kier molecular flexibility index (Phi) is 5.69. The topological polar surface area (TPSA) is 55.1 Å². The van der Waals surface area contributed by atoms with Crippen molar-refractivity contribution in [1.82, 2.24) is 5.32 Å². The van der Waals surface area contributed by atoms with Gasteiger partial charge in [-0.25, -0.2) is 0 Å². The molecule has 2 unspecified atom stereocenters. The highest BCUT2D eigenvalue weighted by Crippen LogP contribution is 2.28. The standard InChI is InChI=1S/C12H24N2O/c1-2-5-12(15)14-9-11-7-4-3-6-10(11)8-13/h10-11H,2-9,13H2,1H3,(H,14,15). The van der Waals surface area contributed by atoms with Crippen LogP contribution in [-0.4, -0.2) is 19.0 Å². The van der Waals surface area contributed by atoms with E-state index in [1.54, 1.807) is 0 Å². The van der Waals surface area contributed by atoms with Crippen molar-refractivity contribution in [2.75, 3.05) is 13.1 Å². The lowest BCUT2D eigenvalue weighted by Crippen LogP contribution is -2.36. The van der Waals surface area contributed by atoms with Crippen LogP contribution < -0.4 is 11.1 Å². The Morgan fingerprint density at radius 1 is 1.33 bits per heavy atom. The quantitative estimate of drug-likeness (QED) is 0.728. The molecular weight excluding hydrogens is 188 g/mol. The molecule has 3 N–H and O–H groups in total. The SMILES string of the molecule is CCCC(=O)NCC1CCCCC1CN. The Balaban J connectivity index is 2.26. The summed E-state index contributed by atoms with van der Waals surface area (Å²) in [5.74, 6) is 1.43. The lowest BCUT2D eigenvalue weighted by molar-refractivity contribution is -0.121. The molecule has 3 nitrogen and oxygen atoms in total. The van der Waals surface area contributed by atoms with Crippen molar-refractivity contribution in [1.29, 1.82) is 0 Å². The minimum atomic E-state index is 0.193. The fourth-order valence-electron chi connectivity index (χ4n) is 2.42. The molecule has 0 aromatic carbocycles. The van der Waals surface area contributed by atoms with Crippen LogP contribution in [0.2, 0.25) is 0 Å². The molecule has 1 saturated carbocycles. The summed E-state index contributed by atoms with van der Waals surface area (Å²) in [6, 6.07) is 0. The molecule has 0 heterocycles. The first kappa shape index (κ1) is 12.5. The molecule has 88 valence electrons. The van der Waals surface area contributed by atoms with Crippen molar-refractivity contribution in [2.45, 2.75) is 45.4 Å². The highest BCUT2D eigenvalue weighted by molar-refractivity contribution is 5.75. The van der Waals surface area contributed by atoms with Gasteiger partial charge >= 0.3 is 0 Å². The summed E-state index contributed by atoms with van der Waals surface area (Å²) in [6.07, 6.45) is 6.65. The summed E-state index contributed by atoms with van der Waals surface area (Å²) in [6.45, 7) is 3.64. The Labute approximate surface area is 92.8 Å². The first-order valence-electron chi connectivity index (χ1n) is 6.24. The van der Waals surface area contributed by atoms with Gasteiger partial charge in [0.1, 0.15) is 0 Å². The minimum Gasteiger partial charge on any atom is -0.356 e. The van der Waals surface area contributed by atoms with Crippen LogP contribution >= 0.6 is 0 Å². The van der Waals surface area contributed by atoms with Crippen LogP contribution in [0.1, 0.15) is 45.4 Å². The lowest BCUT2D eigenvalue weighted by Gasteiger charge is -2.30. The van der Waals surface area contributed by atoms with Gasteiger partial charge in [-0.15, -0.1) is 0 Å². The molecular formula is C12H24N2O. The lowest BCUT2D eigenvalue weighted by atomic mass is 9.79. The molecule has 1 fully saturated rings. The molecule has 0 aromatic heterocycles. The number of nitrogens with two attached hydrogens (primary N) is 1. The number of nitrogens with one attached hydrogen (secondary N) is 1. The van der Waals surface area contributed by atoms with Crippen LogP contribution in [-0.2, 0) is 4.79 Å². The predicted octanol–water partition coefficient (Wildman–Crippen LogP) is 1.67. The Morgan fingerprint density at radius 3 is 2.60 bits per heavy atom. The zero-order valence-electron chi connectivity index (χ0n) is 9.80. The van der Waals surface area contributed by atoms with Crippen LogP contribution in [0.4, 0.5) is 0 Å². The monoisotopic (exact) mass is 212 g/mol. The first-order valence-corrected chi connectivity index (χ1v) is 6.24. The fraction of sp³-hybridized carbons (Fsp3) is 0.917. The maximum atomic E-state index is 11.3. The summed E-state index contributed by atoms with van der Waals surface area (Å²) in [4.78, 5) is 11.3. The highest BCUT2D eigenvalue weighted by Gasteiger charge is 2.23. The first-order chi connectivity index (χ1) is 7.27. The van der Waals surface area contributed by atoms with Gasteiger partial charge < -0.3 is 11.1 Å². The van der Waals surface area contributed by atoms with E-state index in [9.17, 15) is 4.79 Å². The molecule has 1 aliphatic rings. The Hall–Kier alpha value is -0.570. The number of carbonyl (C=O) groups is 1. The van der Waals surface area contributed by atoms with Gasteiger partial charge in [0.25, 0.3) is 0 Å². The maximum absolute atomic E-state index is 11.3. The number of hydrogen-bond donors (Lipinski definition) is 2. The van der Waals surface area contributed by atoms with Gasteiger partial charge in [0.2, 0.25) is 5.91 Å². The van der Waals surface area contributed by atoms with E-state index in [0.717, 1.165) is 19.5 Å². The Bertz CT molecular complexity index is 194. The second kappa shape index (κ2) is 6.83. The second-order valence-electron chi connectivity index (χ2n) is 4.59. The summed E-state index contributed by atoms with van der Waals surface area (Å²) in [7, 11) is 0. The van der Waals surface area contributed by atoms with E-state index in [1.165, 1.54) is 25.7 Å². The highest BCUT2D eigenvalue weighted by atomic mass is 16.1. The molecule has 1 rings (SSSR count). The van der Waals surface area contributed by atoms with E-state index < -0.39 is 0 Å². The third-order valence-electron chi connectivity index (χ3n) is 3.41. The third kappa shape index (κ3) is 4.20. The van der Waals surface area contributed by atoms with Crippen molar-refractivity contribution in [3.8, 4) is 0 Å². The van der Waals surface area contributed by atoms with Crippen molar-refractivity contribution in [2.24, 2.45) is 17.6 Å². The van der Waals surface area contributed by atoms with Gasteiger partial charge in [0.05, 0.1) is 0 Å². The number of amides is 1. The molecule has 0 bridgehead atoms. The van der Waals surface area contributed by atoms with Crippen molar-refractivity contribution >= 4 is 5.91 Å². The normalized spacial score (nSPS) is 26.3. The summed E-state index contributed by atoms with van der Waals surface area (Å²) < 4.78 is 0. The van der Waals surface area contributed by atoms with Gasteiger partial charge in [-0.1, -0.05) is 19.8 Å². The molecule has 0 aliphatic heterocycles. The summed E-state index contributed by atoms with van der Waals surface area (Å²) in [5, 5.41) is 3.02. The molecule has 15 heavy (non-hydrogen) atoms. The van der Waals surface area contributed by atoms with Gasteiger partial charge in [-0.2, -0.15) is 0 Å². The van der Waals surface area contributed by atoms with E-state index in [2.05, 4.69) is 5.32 Å². The number of carbonyl (C=O) groups excluding carboxylic acids is 1. The van der Waals surface area contributed by atoms with Crippen LogP contribution in [0.15, 0.2) is 0 Å². The van der Waals surface area contributed by atoms with E-state index in [0.29, 0.717) is 18.3 Å². The van der Waals surface area contributed by atoms with Gasteiger partial charge in [0, 0.05) is 13.0 Å². The molecule has 3 heteroatoms. The van der Waals surface area contributed by atoms with E-state index in [-0.39, 0.29) is 5.91 Å². The molecule has 0 saturated heterocycles. The Morgan fingerprint density at radius 2 is 2.00 bits per heavy atom. The average molecular weight is 212 g/mol. The molecule has 1 amide bonds. The second-order valence-corrected chi connectivity index (χ2v) is 4.59. The van der Waals surface area contributed by atoms with Gasteiger partial charge in [-0.05, 0) is 37.6 Å². The average Bonchev–Trinajstić information content (AvgIpc) is 2.27. The van der Waals surface area contributed by atoms with Crippen LogP contribution in [0.25, 0.3) is 0 Å². The van der Waals surface area contributed by atoms with Crippen molar-refractivity contribution in [3.63, 3.8) is 0 Å². The van der Waals surface area contributed by atoms with Gasteiger partial charge in [-0.3, -0.25) is 4.79 Å². The predicted molar refractivity (Wildman–Crippen MR) is 62.4 cm³/mol. The summed E-state index contributed by atoms with van der Waals surface area (Å²) >= 11 is 0. The van der Waals surface area contributed by atoms with E-state index in [4.69, 9.17) is 5.73 Å². The zero-order valence-corrected chi connectivity index (χ0v) is 9.80. The van der Waals surface area contributed by atoms with Crippen LogP contribution in [0, 0.1) is 11.8 Å². The molecule has 1 aliphatic carbocycles. The molecule has 0 aromatic rings. The molecule has 2 atom stereocenters. The van der Waals surface area contributed by atoms with Crippen LogP contribution in [0.3, 0.4) is 0 Å². The van der Waals surface area contributed by atoms with Crippen molar-refractivity contribution in [3.05, 3.63) is 0 Å². The largest absolute Gasteiger partial charge is 0.356 e. The number of hydrogen-bond acceptors (Lipinski definition) is 2. The molecule has 0 radical (unpaired) electrons. The van der Waals surface area contributed by atoms with E-state index >= 15 is 0 Å². The smallest absolute Gasteiger partial charge is 0.219 e. The minimum absolute atomic E-state index is 0.193. The fourth-order valence-corrected chi connectivity index (χ4v) is 2.42.